The maximum Gasteiger partial charge on any atom is 0.239 e. The molecule has 0 saturated heterocycles. The van der Waals surface area contributed by atoms with Gasteiger partial charge in [-0.2, -0.15) is 0 Å². The summed E-state index contributed by atoms with van der Waals surface area (Å²) in [5.74, 6) is 1.29. The quantitative estimate of drug-likeness (QED) is 0.891. The summed E-state index contributed by atoms with van der Waals surface area (Å²) in [7, 11) is 0. The largest absolute Gasteiger partial charge is 0.457 e. The van der Waals surface area contributed by atoms with Crippen LogP contribution in [-0.4, -0.2) is 11.4 Å². The third kappa shape index (κ3) is 4.33. The Hall–Kier alpha value is -2.33. The minimum absolute atomic E-state index is 0.197. The highest BCUT2D eigenvalue weighted by Crippen LogP contribution is 2.25. The Balaban J connectivity index is 2.10. The molecule has 0 heterocycles. The third-order valence-electron chi connectivity index (χ3n) is 3.25. The molecular formula is C18H22N2O2. The van der Waals surface area contributed by atoms with Crippen LogP contribution in [-0.2, 0) is 11.3 Å². The number of nitrogens with two attached hydrogens (primary N) is 1. The highest BCUT2D eigenvalue weighted by molar-refractivity contribution is 5.85. The van der Waals surface area contributed by atoms with Gasteiger partial charge in [0.05, 0.1) is 5.54 Å². The van der Waals surface area contributed by atoms with Crippen LogP contribution in [0, 0.1) is 6.92 Å². The maximum atomic E-state index is 11.9. The zero-order valence-electron chi connectivity index (χ0n) is 13.2. The van der Waals surface area contributed by atoms with E-state index in [-0.39, 0.29) is 5.91 Å². The summed E-state index contributed by atoms with van der Waals surface area (Å²) in [5.41, 5.74) is 6.96. The van der Waals surface area contributed by atoms with Crippen molar-refractivity contribution >= 4 is 5.91 Å². The lowest BCUT2D eigenvalue weighted by Crippen LogP contribution is -2.48. The van der Waals surface area contributed by atoms with Gasteiger partial charge < -0.3 is 15.8 Å². The molecule has 4 heteroatoms. The van der Waals surface area contributed by atoms with E-state index >= 15 is 0 Å². The Morgan fingerprint density at radius 1 is 1.14 bits per heavy atom. The average Bonchev–Trinajstić information content (AvgIpc) is 2.47. The fraction of sp³-hybridized carbons (Fsp3) is 0.278. The molecule has 3 N–H and O–H groups in total. The van der Waals surface area contributed by atoms with Gasteiger partial charge in [0.2, 0.25) is 5.91 Å². The normalized spacial score (nSPS) is 11.1. The van der Waals surface area contributed by atoms with Gasteiger partial charge in [0.15, 0.2) is 0 Å². The molecule has 0 fully saturated rings. The number of carbonyl (C=O) groups is 1. The van der Waals surface area contributed by atoms with Gasteiger partial charge in [0.1, 0.15) is 11.5 Å². The summed E-state index contributed by atoms with van der Waals surface area (Å²) >= 11 is 0. The molecule has 0 saturated carbocycles. The number of aryl methyl sites for hydroxylation is 1. The van der Waals surface area contributed by atoms with Gasteiger partial charge in [0, 0.05) is 12.1 Å². The number of ether oxygens (including phenoxy) is 1. The highest BCUT2D eigenvalue weighted by atomic mass is 16.5. The molecule has 0 aliphatic rings. The van der Waals surface area contributed by atoms with Crippen LogP contribution in [0.4, 0.5) is 0 Å². The van der Waals surface area contributed by atoms with E-state index in [1.807, 2.05) is 55.5 Å². The van der Waals surface area contributed by atoms with Crippen molar-refractivity contribution in [2.45, 2.75) is 32.9 Å². The first-order valence-electron chi connectivity index (χ1n) is 7.26. The minimum atomic E-state index is -0.896. The van der Waals surface area contributed by atoms with Crippen LogP contribution in [0.25, 0.3) is 0 Å². The molecule has 2 aromatic carbocycles. The Morgan fingerprint density at radius 3 is 2.41 bits per heavy atom. The number of rotatable bonds is 5. The Morgan fingerprint density at radius 2 is 1.77 bits per heavy atom. The van der Waals surface area contributed by atoms with Crippen LogP contribution in [0.3, 0.4) is 0 Å². The van der Waals surface area contributed by atoms with Crippen LogP contribution >= 0.6 is 0 Å². The Kier molecular flexibility index (Phi) is 4.83. The predicted molar refractivity (Wildman–Crippen MR) is 87.8 cm³/mol. The first kappa shape index (κ1) is 16.0. The van der Waals surface area contributed by atoms with Crippen molar-refractivity contribution in [3.05, 3.63) is 59.7 Å². The predicted octanol–water partition coefficient (Wildman–Crippen LogP) is 3.14. The summed E-state index contributed by atoms with van der Waals surface area (Å²) in [6, 6.07) is 15.5. The van der Waals surface area contributed by atoms with Crippen LogP contribution in [0.2, 0.25) is 0 Å². The molecule has 0 aliphatic heterocycles. The van der Waals surface area contributed by atoms with Crippen LogP contribution < -0.4 is 15.8 Å². The molecule has 0 aromatic heterocycles. The number of carbonyl (C=O) groups excluding carboxylic acids is 1. The Labute approximate surface area is 131 Å². The number of hydrogen-bond acceptors (Lipinski definition) is 3. The Bertz CT molecular complexity index is 643. The second kappa shape index (κ2) is 6.62. The van der Waals surface area contributed by atoms with E-state index in [4.69, 9.17) is 10.5 Å². The smallest absolute Gasteiger partial charge is 0.239 e. The fourth-order valence-electron chi connectivity index (χ4n) is 1.89. The molecule has 0 bridgehead atoms. The monoisotopic (exact) mass is 298 g/mol. The molecule has 0 spiro atoms. The second-order valence-electron chi connectivity index (χ2n) is 5.93. The van der Waals surface area contributed by atoms with Crippen molar-refractivity contribution in [1.82, 2.24) is 5.32 Å². The zero-order valence-corrected chi connectivity index (χ0v) is 13.2. The van der Waals surface area contributed by atoms with Crippen molar-refractivity contribution in [3.63, 3.8) is 0 Å². The third-order valence-corrected chi connectivity index (χ3v) is 3.25. The summed E-state index contributed by atoms with van der Waals surface area (Å²) in [4.78, 5) is 11.9. The fourth-order valence-corrected chi connectivity index (χ4v) is 1.89. The van der Waals surface area contributed by atoms with Gasteiger partial charge >= 0.3 is 0 Å². The van der Waals surface area contributed by atoms with Crippen LogP contribution in [0.1, 0.15) is 25.0 Å². The van der Waals surface area contributed by atoms with E-state index in [2.05, 4.69) is 5.32 Å². The van der Waals surface area contributed by atoms with Crippen LogP contribution in [0.5, 0.6) is 11.5 Å². The minimum Gasteiger partial charge on any atom is -0.457 e. The lowest BCUT2D eigenvalue weighted by molar-refractivity contribution is -0.125. The van der Waals surface area contributed by atoms with Gasteiger partial charge in [-0.15, -0.1) is 0 Å². The molecule has 0 unspecified atom stereocenters. The van der Waals surface area contributed by atoms with E-state index in [1.54, 1.807) is 13.8 Å². The number of amides is 1. The molecule has 0 atom stereocenters. The molecule has 22 heavy (non-hydrogen) atoms. The topological polar surface area (TPSA) is 64.3 Å². The summed E-state index contributed by atoms with van der Waals surface area (Å²) in [5, 5.41) is 2.83. The molecule has 0 radical (unpaired) electrons. The molecule has 0 aliphatic carbocycles. The lowest BCUT2D eigenvalue weighted by Gasteiger charge is -2.18. The van der Waals surface area contributed by atoms with E-state index in [0.29, 0.717) is 6.54 Å². The number of benzene rings is 2. The molecule has 2 aromatic rings. The molecule has 2 rings (SSSR count). The first-order chi connectivity index (χ1) is 10.4. The maximum absolute atomic E-state index is 11.9. The van der Waals surface area contributed by atoms with E-state index in [1.165, 1.54) is 5.56 Å². The van der Waals surface area contributed by atoms with Crippen molar-refractivity contribution in [1.29, 1.82) is 0 Å². The highest BCUT2D eigenvalue weighted by Gasteiger charge is 2.21. The standard InChI is InChI=1S/C18H22N2O2/c1-13-8-10-15(11-9-13)22-16-7-5-4-6-14(16)12-20-17(21)18(2,3)19/h4-11H,12,19H2,1-3H3,(H,20,21). The second-order valence-corrected chi connectivity index (χ2v) is 5.93. The SMILES string of the molecule is Cc1ccc(Oc2ccccc2CNC(=O)C(C)(C)N)cc1. The van der Waals surface area contributed by atoms with Crippen molar-refractivity contribution in [2.75, 3.05) is 0 Å². The molecule has 116 valence electrons. The summed E-state index contributed by atoms with van der Waals surface area (Å²) in [6.07, 6.45) is 0. The van der Waals surface area contributed by atoms with Gasteiger partial charge in [-0.05, 0) is 39.0 Å². The molecule has 4 nitrogen and oxygen atoms in total. The van der Waals surface area contributed by atoms with Crippen molar-refractivity contribution in [2.24, 2.45) is 5.73 Å². The van der Waals surface area contributed by atoms with Crippen molar-refractivity contribution in [3.8, 4) is 11.5 Å². The van der Waals surface area contributed by atoms with Crippen LogP contribution in [0.15, 0.2) is 48.5 Å². The van der Waals surface area contributed by atoms with E-state index in [9.17, 15) is 4.79 Å². The van der Waals surface area contributed by atoms with Gasteiger partial charge in [-0.1, -0.05) is 35.9 Å². The van der Waals surface area contributed by atoms with Gasteiger partial charge in [0.25, 0.3) is 0 Å². The zero-order chi connectivity index (χ0) is 16.2. The summed E-state index contributed by atoms with van der Waals surface area (Å²) in [6.45, 7) is 5.76. The molecular weight excluding hydrogens is 276 g/mol. The van der Waals surface area contributed by atoms with Gasteiger partial charge in [-0.25, -0.2) is 0 Å². The molecule has 1 amide bonds. The lowest BCUT2D eigenvalue weighted by atomic mass is 10.1. The van der Waals surface area contributed by atoms with E-state index in [0.717, 1.165) is 17.1 Å². The number of hydrogen-bond donors (Lipinski definition) is 2. The number of nitrogens with one attached hydrogen (secondary N) is 1. The van der Waals surface area contributed by atoms with Crippen molar-refractivity contribution < 1.29 is 9.53 Å². The van der Waals surface area contributed by atoms with E-state index < -0.39 is 5.54 Å². The number of para-hydroxylation sites is 1. The van der Waals surface area contributed by atoms with Gasteiger partial charge in [-0.3, -0.25) is 4.79 Å². The average molecular weight is 298 g/mol. The summed E-state index contributed by atoms with van der Waals surface area (Å²) < 4.78 is 5.90. The first-order valence-corrected chi connectivity index (χ1v) is 7.26.